The molecule has 0 fully saturated rings. The fourth-order valence-electron chi connectivity index (χ4n) is 1.21. The van der Waals surface area contributed by atoms with Gasteiger partial charge in [-0.15, -0.1) is 0 Å². The van der Waals surface area contributed by atoms with Crippen molar-refractivity contribution in [3.63, 3.8) is 0 Å². The van der Waals surface area contributed by atoms with Gasteiger partial charge in [0.2, 0.25) is 8.87 Å². The zero-order valence-electron chi connectivity index (χ0n) is 8.19. The average Bonchev–Trinajstić information content (AvgIpc) is 2.15. The first-order valence-electron chi connectivity index (χ1n) is 4.17. The number of thiol groups is 1. The van der Waals surface area contributed by atoms with E-state index < -0.39 is 19.9 Å². The molecule has 0 aliphatic heterocycles. The zero-order valence-corrected chi connectivity index (χ0v) is 9.90. The van der Waals surface area contributed by atoms with Crippen molar-refractivity contribution in [2.45, 2.75) is 17.9 Å². The first-order valence-corrected chi connectivity index (χ1v) is 6.71. The third-order valence-corrected chi connectivity index (χ3v) is 3.45. The highest BCUT2D eigenvalue weighted by Gasteiger charge is 2.20. The molecular formula is C8H9NO5S2. The van der Waals surface area contributed by atoms with E-state index in [1.54, 1.807) is 0 Å². The summed E-state index contributed by atoms with van der Waals surface area (Å²) in [6.07, 6.45) is -1.13. The molecule has 1 atom stereocenters. The van der Waals surface area contributed by atoms with Crippen LogP contribution < -0.4 is 0 Å². The van der Waals surface area contributed by atoms with Crippen LogP contribution in [0.2, 0.25) is 0 Å². The van der Waals surface area contributed by atoms with Crippen LogP contribution >= 0.6 is 11.7 Å². The number of nitro groups is 1. The summed E-state index contributed by atoms with van der Waals surface area (Å²) in [6.45, 7) is 1.32. The normalized spacial score (nSPS) is 13.4. The van der Waals surface area contributed by atoms with Crippen molar-refractivity contribution < 1.29 is 18.4 Å². The van der Waals surface area contributed by atoms with Crippen molar-refractivity contribution in [3.05, 3.63) is 33.9 Å². The largest absolute Gasteiger partial charge is 0.389 e. The van der Waals surface area contributed by atoms with E-state index in [2.05, 4.69) is 11.7 Å². The van der Waals surface area contributed by atoms with E-state index in [4.69, 9.17) is 0 Å². The molecule has 6 nitrogen and oxygen atoms in total. The fourth-order valence-corrected chi connectivity index (χ4v) is 2.48. The van der Waals surface area contributed by atoms with Crippen LogP contribution in [0.15, 0.2) is 23.1 Å². The molecule has 8 heteroatoms. The molecule has 0 aliphatic carbocycles. The third kappa shape index (κ3) is 2.71. The summed E-state index contributed by atoms with van der Waals surface area (Å²) >= 11 is 3.39. The van der Waals surface area contributed by atoms with Gasteiger partial charge in [0.1, 0.15) is 0 Å². The van der Waals surface area contributed by atoms with Crippen molar-refractivity contribution in [2.75, 3.05) is 0 Å². The molecule has 1 rings (SSSR count). The number of nitro benzene ring substituents is 1. The number of aliphatic hydroxyl groups is 1. The monoisotopic (exact) mass is 263 g/mol. The van der Waals surface area contributed by atoms with Crippen molar-refractivity contribution >= 4 is 26.2 Å². The van der Waals surface area contributed by atoms with Gasteiger partial charge < -0.3 is 5.11 Å². The van der Waals surface area contributed by atoms with Crippen LogP contribution in [0, 0.1) is 10.1 Å². The van der Waals surface area contributed by atoms with Crippen molar-refractivity contribution in [1.29, 1.82) is 0 Å². The Morgan fingerprint density at radius 1 is 1.50 bits per heavy atom. The Balaban J connectivity index is 3.49. The van der Waals surface area contributed by atoms with E-state index in [0.29, 0.717) is 0 Å². The zero-order chi connectivity index (χ0) is 12.5. The number of rotatable bonds is 3. The number of benzene rings is 1. The maximum Gasteiger partial charge on any atom is 0.269 e. The minimum absolute atomic E-state index is 0.0378. The highest BCUT2D eigenvalue weighted by atomic mass is 33.1. The Morgan fingerprint density at radius 2 is 2.06 bits per heavy atom. The van der Waals surface area contributed by atoms with Crippen LogP contribution in [-0.4, -0.2) is 18.4 Å². The van der Waals surface area contributed by atoms with Crippen molar-refractivity contribution in [1.82, 2.24) is 0 Å². The summed E-state index contributed by atoms with van der Waals surface area (Å²) in [6, 6.07) is 3.13. The first-order chi connectivity index (χ1) is 7.23. The molecule has 0 aliphatic rings. The summed E-state index contributed by atoms with van der Waals surface area (Å²) in [4.78, 5) is 9.60. The Hall–Kier alpha value is -1.12. The molecule has 1 N–H and O–H groups in total. The molecule has 0 amide bonds. The minimum Gasteiger partial charge on any atom is -0.389 e. The van der Waals surface area contributed by atoms with Gasteiger partial charge in [-0.05, 0) is 24.7 Å². The Bertz CT molecular complexity index is 523. The molecule has 0 heterocycles. The van der Waals surface area contributed by atoms with Gasteiger partial charge in [0.25, 0.3) is 5.69 Å². The molecule has 0 saturated carbocycles. The van der Waals surface area contributed by atoms with E-state index in [0.717, 1.165) is 18.2 Å². The fraction of sp³-hybridized carbons (Fsp3) is 0.250. The summed E-state index contributed by atoms with van der Waals surface area (Å²) in [7, 11) is -3.81. The highest BCUT2D eigenvalue weighted by molar-refractivity contribution is 8.63. The van der Waals surface area contributed by atoms with Crippen LogP contribution in [0.4, 0.5) is 5.69 Å². The van der Waals surface area contributed by atoms with Gasteiger partial charge >= 0.3 is 0 Å². The molecule has 0 spiro atoms. The van der Waals surface area contributed by atoms with E-state index in [-0.39, 0.29) is 16.1 Å². The molecule has 0 aromatic heterocycles. The van der Waals surface area contributed by atoms with Gasteiger partial charge in [0.05, 0.1) is 15.9 Å². The van der Waals surface area contributed by atoms with Crippen LogP contribution in [0.1, 0.15) is 18.6 Å². The number of nitrogens with zero attached hydrogens (tertiary/aromatic N) is 1. The lowest BCUT2D eigenvalue weighted by Gasteiger charge is -2.09. The van der Waals surface area contributed by atoms with E-state index in [1.165, 1.54) is 6.92 Å². The maximum absolute atomic E-state index is 11.2. The molecule has 0 radical (unpaired) electrons. The van der Waals surface area contributed by atoms with Gasteiger partial charge in [0.15, 0.2) is 0 Å². The average molecular weight is 263 g/mol. The molecule has 16 heavy (non-hydrogen) atoms. The van der Waals surface area contributed by atoms with Crippen LogP contribution in [-0.2, 0) is 8.87 Å². The Morgan fingerprint density at radius 3 is 2.44 bits per heavy atom. The molecule has 88 valence electrons. The standard InChI is InChI=1S/C8H9NO5S2/c1-5(10)7-4-6(9(11)12)2-3-8(7)16(13,14)15/h2-5,10H,1H3,(H,13,14,15)/t5-/m0/s1. The number of non-ortho nitro benzene ring substituents is 1. The molecule has 0 saturated heterocycles. The molecular weight excluding hydrogens is 254 g/mol. The molecule has 1 aromatic carbocycles. The van der Waals surface area contributed by atoms with E-state index >= 15 is 0 Å². The third-order valence-electron chi connectivity index (χ3n) is 1.93. The predicted octanol–water partition coefficient (Wildman–Crippen LogP) is 1.27. The SMILES string of the molecule is C[C@H](O)c1cc([N+](=O)[O-])ccc1S(=O)(=O)S. The smallest absolute Gasteiger partial charge is 0.269 e. The number of aliphatic hydroxyl groups excluding tert-OH is 1. The lowest BCUT2D eigenvalue weighted by molar-refractivity contribution is -0.385. The second-order valence-electron chi connectivity index (χ2n) is 3.13. The van der Waals surface area contributed by atoms with Gasteiger partial charge in [0, 0.05) is 17.7 Å². The van der Waals surface area contributed by atoms with Gasteiger partial charge in [-0.1, -0.05) is 0 Å². The Kier molecular flexibility index (Phi) is 3.56. The highest BCUT2D eigenvalue weighted by Crippen LogP contribution is 2.28. The van der Waals surface area contributed by atoms with Crippen LogP contribution in [0.3, 0.4) is 0 Å². The van der Waals surface area contributed by atoms with E-state index in [1.807, 2.05) is 0 Å². The summed E-state index contributed by atoms with van der Waals surface area (Å²) < 4.78 is 22.4. The number of hydrogen-bond donors (Lipinski definition) is 2. The second-order valence-corrected chi connectivity index (χ2v) is 5.96. The summed E-state index contributed by atoms with van der Waals surface area (Å²) in [5.74, 6) is 0. The Labute approximate surface area is 96.8 Å². The molecule has 1 aromatic rings. The molecule has 0 bridgehead atoms. The second kappa shape index (κ2) is 4.40. The number of hydrogen-bond acceptors (Lipinski definition) is 5. The van der Waals surface area contributed by atoms with Gasteiger partial charge in [-0.25, -0.2) is 8.42 Å². The van der Waals surface area contributed by atoms with Gasteiger partial charge in [-0.3, -0.25) is 10.1 Å². The van der Waals surface area contributed by atoms with Crippen LogP contribution in [0.5, 0.6) is 0 Å². The lowest BCUT2D eigenvalue weighted by atomic mass is 10.1. The predicted molar refractivity (Wildman–Crippen MR) is 59.9 cm³/mol. The quantitative estimate of drug-likeness (QED) is 0.370. The minimum atomic E-state index is -3.81. The van der Waals surface area contributed by atoms with Crippen LogP contribution in [0.25, 0.3) is 0 Å². The molecule has 0 unspecified atom stereocenters. The summed E-state index contributed by atoms with van der Waals surface area (Å²) in [5, 5.41) is 19.8. The first kappa shape index (κ1) is 12.9. The van der Waals surface area contributed by atoms with E-state index in [9.17, 15) is 23.6 Å². The van der Waals surface area contributed by atoms with Crippen molar-refractivity contribution in [2.24, 2.45) is 0 Å². The maximum atomic E-state index is 11.2. The summed E-state index contributed by atoms with van der Waals surface area (Å²) in [5.41, 5.74) is -0.319. The lowest BCUT2D eigenvalue weighted by Crippen LogP contribution is -2.03. The van der Waals surface area contributed by atoms with Gasteiger partial charge in [-0.2, -0.15) is 0 Å². The topological polar surface area (TPSA) is 97.5 Å². The van der Waals surface area contributed by atoms with Crippen molar-refractivity contribution in [3.8, 4) is 0 Å².